The second-order valence-electron chi connectivity index (χ2n) is 6.86. The number of nitrogens with zero attached hydrogens (tertiary/aromatic N) is 3. The van der Waals surface area contributed by atoms with Crippen LogP contribution < -0.4 is 16.8 Å². The predicted molar refractivity (Wildman–Crippen MR) is 122 cm³/mol. The molecule has 1 fully saturated rings. The van der Waals surface area contributed by atoms with Gasteiger partial charge in [0.2, 0.25) is 5.91 Å². The van der Waals surface area contributed by atoms with Crippen LogP contribution in [-0.4, -0.2) is 46.3 Å². The summed E-state index contributed by atoms with van der Waals surface area (Å²) in [4.78, 5) is 23.9. The van der Waals surface area contributed by atoms with Crippen LogP contribution in [0.1, 0.15) is 23.9 Å². The van der Waals surface area contributed by atoms with E-state index in [-0.39, 0.29) is 17.8 Å². The highest BCUT2D eigenvalue weighted by Crippen LogP contribution is 2.27. The van der Waals surface area contributed by atoms with Gasteiger partial charge in [-0.15, -0.1) is 11.3 Å². The number of thioether (sulfide) groups is 1. The molecule has 0 bridgehead atoms. The molecule has 1 amide bonds. The Labute approximate surface area is 179 Å². The van der Waals surface area contributed by atoms with Gasteiger partial charge in [-0.1, -0.05) is 17.9 Å². The molecule has 29 heavy (non-hydrogen) atoms. The molecule has 3 rings (SSSR count). The summed E-state index contributed by atoms with van der Waals surface area (Å²) in [5.74, 6) is 8.61. The molecule has 0 radical (unpaired) electrons. The van der Waals surface area contributed by atoms with Crippen molar-refractivity contribution in [1.82, 2.24) is 9.88 Å². The van der Waals surface area contributed by atoms with Gasteiger partial charge in [0, 0.05) is 54.9 Å². The highest BCUT2D eigenvalue weighted by Gasteiger charge is 2.18. The zero-order valence-corrected chi connectivity index (χ0v) is 18.1. The van der Waals surface area contributed by atoms with E-state index in [4.69, 9.17) is 16.5 Å². The van der Waals surface area contributed by atoms with Crippen molar-refractivity contribution in [2.24, 2.45) is 22.4 Å². The van der Waals surface area contributed by atoms with Crippen LogP contribution in [0.15, 0.2) is 28.9 Å². The van der Waals surface area contributed by atoms with E-state index >= 15 is 0 Å². The molecule has 1 atom stereocenters. The Balaban J connectivity index is 1.67. The summed E-state index contributed by atoms with van der Waals surface area (Å²) < 4.78 is 0. The Hall–Kier alpha value is -2.28. The third-order valence-electron chi connectivity index (χ3n) is 4.47. The van der Waals surface area contributed by atoms with Crippen LogP contribution in [0.2, 0.25) is 0 Å². The Bertz CT molecular complexity index is 883. The van der Waals surface area contributed by atoms with Crippen LogP contribution in [0.3, 0.4) is 0 Å². The predicted octanol–water partition coefficient (Wildman–Crippen LogP) is 1.93. The molecule has 0 aromatic carbocycles. The van der Waals surface area contributed by atoms with Gasteiger partial charge < -0.3 is 16.8 Å². The quantitative estimate of drug-likeness (QED) is 0.346. The van der Waals surface area contributed by atoms with E-state index in [1.807, 2.05) is 23.9 Å². The minimum atomic E-state index is -0.0953. The molecular formula is C20H26N6OS2. The summed E-state index contributed by atoms with van der Waals surface area (Å²) in [5.41, 5.74) is 12.6. The third-order valence-corrected chi connectivity index (χ3v) is 6.41. The standard InChI is InChI=1S/C20H26N6OS2/c1-14(27)23-20-25-17(18(29-20)13-26-9-11-28-12-10-26)8-6-15-3-2-4-16(7-5-15)24-19(21)22/h4-5,7,15H,6,8-13H2,1H3,(H4,21,22,24)(H,23,25,27). The lowest BCUT2D eigenvalue weighted by atomic mass is 10.0. The first-order valence-electron chi connectivity index (χ1n) is 9.55. The summed E-state index contributed by atoms with van der Waals surface area (Å²) in [7, 11) is 0. The summed E-state index contributed by atoms with van der Waals surface area (Å²) in [6, 6.07) is 0. The van der Waals surface area contributed by atoms with Crippen LogP contribution >= 0.6 is 23.1 Å². The fourth-order valence-electron chi connectivity index (χ4n) is 3.08. The van der Waals surface area contributed by atoms with E-state index in [2.05, 4.69) is 27.0 Å². The molecule has 154 valence electrons. The highest BCUT2D eigenvalue weighted by atomic mass is 32.2. The molecule has 1 unspecified atom stereocenters. The molecule has 1 saturated heterocycles. The topological polar surface area (TPSA) is 110 Å². The monoisotopic (exact) mass is 430 g/mol. The molecule has 5 N–H and O–H groups in total. The van der Waals surface area contributed by atoms with Crippen LogP contribution in [0, 0.1) is 17.8 Å². The maximum Gasteiger partial charge on any atom is 0.223 e. The van der Waals surface area contributed by atoms with Gasteiger partial charge in [0.25, 0.3) is 0 Å². The number of amides is 1. The lowest BCUT2D eigenvalue weighted by Crippen LogP contribution is -2.32. The summed E-state index contributed by atoms with van der Waals surface area (Å²) >= 11 is 3.58. The molecule has 1 aromatic heterocycles. The Kier molecular flexibility index (Phi) is 7.75. The van der Waals surface area contributed by atoms with Gasteiger partial charge in [0.15, 0.2) is 11.1 Å². The van der Waals surface area contributed by atoms with Gasteiger partial charge in [-0.3, -0.25) is 9.69 Å². The minimum absolute atomic E-state index is 0.0230. The normalized spacial score (nSPS) is 18.9. The number of rotatable bonds is 7. The number of aliphatic imine (C=N–C) groups is 1. The number of guanidine groups is 1. The molecule has 1 aliphatic heterocycles. The number of allylic oxidation sites excluding steroid dienone is 3. The first-order valence-corrected chi connectivity index (χ1v) is 11.5. The van der Waals surface area contributed by atoms with Crippen molar-refractivity contribution in [1.29, 1.82) is 0 Å². The number of aromatic nitrogens is 1. The number of hydrogen-bond acceptors (Lipinski definition) is 6. The van der Waals surface area contributed by atoms with Crippen LogP contribution in [0.25, 0.3) is 0 Å². The average Bonchev–Trinajstić information content (AvgIpc) is 2.89. The minimum Gasteiger partial charge on any atom is -0.370 e. The Morgan fingerprint density at radius 1 is 1.41 bits per heavy atom. The van der Waals surface area contributed by atoms with Crippen molar-refractivity contribution in [3.63, 3.8) is 0 Å². The second-order valence-corrected chi connectivity index (χ2v) is 9.17. The Morgan fingerprint density at radius 2 is 2.21 bits per heavy atom. The summed E-state index contributed by atoms with van der Waals surface area (Å²) in [6.45, 7) is 4.58. The summed E-state index contributed by atoms with van der Waals surface area (Å²) in [6.07, 6.45) is 7.27. The van der Waals surface area contributed by atoms with Crippen LogP contribution in [0.4, 0.5) is 5.13 Å². The number of carbonyl (C=O) groups is 1. The number of hydrogen-bond donors (Lipinski definition) is 3. The van der Waals surface area contributed by atoms with Gasteiger partial charge in [-0.25, -0.2) is 9.98 Å². The van der Waals surface area contributed by atoms with E-state index in [0.29, 0.717) is 10.8 Å². The van der Waals surface area contributed by atoms with Crippen molar-refractivity contribution in [3.05, 3.63) is 34.5 Å². The van der Waals surface area contributed by atoms with E-state index in [1.54, 1.807) is 17.4 Å². The molecule has 0 saturated carbocycles. The Morgan fingerprint density at radius 3 is 2.93 bits per heavy atom. The lowest BCUT2D eigenvalue weighted by molar-refractivity contribution is -0.114. The maximum atomic E-state index is 11.5. The molecule has 0 spiro atoms. The van der Waals surface area contributed by atoms with Crippen LogP contribution in [0.5, 0.6) is 0 Å². The van der Waals surface area contributed by atoms with Gasteiger partial charge >= 0.3 is 0 Å². The molecule has 2 heterocycles. The SMILES string of the molecule is CC(=O)Nc1nc(CCC2C#CC=C(N=C(N)N)C=C2)c(CN2CCSCC2)s1. The van der Waals surface area contributed by atoms with Crippen molar-refractivity contribution in [2.75, 3.05) is 29.9 Å². The number of nitrogens with two attached hydrogens (primary N) is 2. The second kappa shape index (κ2) is 10.5. The number of thiazole rings is 1. The van der Waals surface area contributed by atoms with Gasteiger partial charge in [-0.2, -0.15) is 11.8 Å². The lowest BCUT2D eigenvalue weighted by Gasteiger charge is -2.25. The largest absolute Gasteiger partial charge is 0.370 e. The fourth-order valence-corrected chi connectivity index (χ4v) is 5.16. The van der Waals surface area contributed by atoms with Gasteiger partial charge in [-0.05, 0) is 18.9 Å². The number of carbonyl (C=O) groups excluding carboxylic acids is 1. The molecule has 1 aromatic rings. The van der Waals surface area contributed by atoms with Crippen LogP contribution in [-0.2, 0) is 17.8 Å². The van der Waals surface area contributed by atoms with Crippen molar-refractivity contribution in [2.45, 2.75) is 26.3 Å². The maximum absolute atomic E-state index is 11.5. The fraction of sp³-hybridized carbons (Fsp3) is 0.450. The zero-order chi connectivity index (χ0) is 20.6. The van der Waals surface area contributed by atoms with Crippen molar-refractivity contribution >= 4 is 40.1 Å². The number of aryl methyl sites for hydroxylation is 1. The van der Waals surface area contributed by atoms with E-state index in [0.717, 1.165) is 38.2 Å². The first-order chi connectivity index (χ1) is 14.0. The van der Waals surface area contributed by atoms with Gasteiger partial charge in [0.05, 0.1) is 11.4 Å². The van der Waals surface area contributed by atoms with Gasteiger partial charge in [0.1, 0.15) is 0 Å². The molecular weight excluding hydrogens is 404 g/mol. The number of nitrogens with one attached hydrogen (secondary N) is 1. The van der Waals surface area contributed by atoms with E-state index in [1.165, 1.54) is 23.3 Å². The first kappa shape index (κ1) is 21.4. The molecule has 1 aliphatic carbocycles. The zero-order valence-electron chi connectivity index (χ0n) is 16.5. The average molecular weight is 431 g/mol. The number of anilines is 1. The van der Waals surface area contributed by atoms with Crippen molar-refractivity contribution in [3.8, 4) is 11.8 Å². The van der Waals surface area contributed by atoms with E-state index in [9.17, 15) is 4.79 Å². The third kappa shape index (κ3) is 6.92. The summed E-state index contributed by atoms with van der Waals surface area (Å²) in [5, 5.41) is 3.51. The smallest absolute Gasteiger partial charge is 0.223 e. The van der Waals surface area contributed by atoms with E-state index < -0.39 is 0 Å². The molecule has 7 nitrogen and oxygen atoms in total. The molecule has 9 heteroatoms. The van der Waals surface area contributed by atoms with Crippen molar-refractivity contribution < 1.29 is 4.79 Å². The molecule has 2 aliphatic rings. The highest BCUT2D eigenvalue weighted by molar-refractivity contribution is 7.99.